The van der Waals surface area contributed by atoms with Gasteiger partial charge in [0.2, 0.25) is 5.91 Å². The van der Waals surface area contributed by atoms with Crippen molar-refractivity contribution in [3.05, 3.63) is 0 Å². The molecule has 1 aliphatic heterocycles. The molecule has 1 fully saturated rings. The zero-order valence-corrected chi connectivity index (χ0v) is 12.9. The summed E-state index contributed by atoms with van der Waals surface area (Å²) < 4.78 is 0. The van der Waals surface area contributed by atoms with Crippen LogP contribution in [-0.4, -0.2) is 49.1 Å². The molecule has 1 rings (SSSR count). The first-order valence-electron chi connectivity index (χ1n) is 7.90. The van der Waals surface area contributed by atoms with E-state index in [1.165, 1.54) is 38.9 Å². The fourth-order valence-corrected chi connectivity index (χ4v) is 2.52. The molecule has 112 valence electrons. The van der Waals surface area contributed by atoms with Gasteiger partial charge in [-0.2, -0.15) is 0 Å². The van der Waals surface area contributed by atoms with E-state index in [1.54, 1.807) is 0 Å². The zero-order valence-electron chi connectivity index (χ0n) is 12.9. The van der Waals surface area contributed by atoms with Crippen LogP contribution >= 0.6 is 0 Å². The van der Waals surface area contributed by atoms with Crippen molar-refractivity contribution in [2.24, 2.45) is 0 Å². The van der Waals surface area contributed by atoms with E-state index >= 15 is 0 Å². The van der Waals surface area contributed by atoms with Gasteiger partial charge in [0.25, 0.3) is 0 Å². The van der Waals surface area contributed by atoms with Gasteiger partial charge in [0, 0.05) is 25.0 Å². The highest BCUT2D eigenvalue weighted by molar-refractivity contribution is 5.76. The average Bonchev–Trinajstić information content (AvgIpc) is 2.41. The van der Waals surface area contributed by atoms with Crippen molar-refractivity contribution in [1.82, 2.24) is 15.5 Å². The normalized spacial score (nSPS) is 19.3. The number of carbonyl (C=O) groups excluding carboxylic acids is 1. The average molecular weight is 269 g/mol. The number of nitrogens with one attached hydrogen (secondary N) is 2. The Balaban J connectivity index is 2.06. The molecular formula is C15H31N3O. The van der Waals surface area contributed by atoms with Gasteiger partial charge in [0.1, 0.15) is 0 Å². The Hall–Kier alpha value is -0.610. The van der Waals surface area contributed by atoms with E-state index in [-0.39, 0.29) is 5.91 Å². The molecule has 19 heavy (non-hydrogen) atoms. The predicted molar refractivity (Wildman–Crippen MR) is 80.3 cm³/mol. The maximum atomic E-state index is 11.6. The highest BCUT2D eigenvalue weighted by Gasteiger charge is 2.18. The van der Waals surface area contributed by atoms with Crippen molar-refractivity contribution in [1.29, 1.82) is 0 Å². The van der Waals surface area contributed by atoms with Gasteiger partial charge in [-0.25, -0.2) is 0 Å². The van der Waals surface area contributed by atoms with E-state index in [1.807, 2.05) is 0 Å². The molecule has 0 aromatic heterocycles. The van der Waals surface area contributed by atoms with Gasteiger partial charge in [-0.3, -0.25) is 4.79 Å². The monoisotopic (exact) mass is 269 g/mol. The van der Waals surface area contributed by atoms with Crippen molar-refractivity contribution in [2.45, 2.75) is 65.0 Å². The van der Waals surface area contributed by atoms with E-state index in [9.17, 15) is 4.79 Å². The molecule has 0 spiro atoms. The molecule has 0 saturated carbocycles. The van der Waals surface area contributed by atoms with Gasteiger partial charge in [-0.15, -0.1) is 0 Å². The molecule has 0 aromatic rings. The zero-order chi connectivity index (χ0) is 14.1. The SMILES string of the molecule is CCCN1CCC(NCCC(=O)NC(C)CC)CC1. The largest absolute Gasteiger partial charge is 0.354 e. The summed E-state index contributed by atoms with van der Waals surface area (Å²) in [5.74, 6) is 0.172. The van der Waals surface area contributed by atoms with Crippen LogP contribution in [0.2, 0.25) is 0 Å². The minimum Gasteiger partial charge on any atom is -0.354 e. The van der Waals surface area contributed by atoms with Crippen LogP contribution < -0.4 is 10.6 Å². The topological polar surface area (TPSA) is 44.4 Å². The summed E-state index contributed by atoms with van der Waals surface area (Å²) in [7, 11) is 0. The lowest BCUT2D eigenvalue weighted by molar-refractivity contribution is -0.121. The van der Waals surface area contributed by atoms with Crippen LogP contribution in [0.25, 0.3) is 0 Å². The first-order chi connectivity index (χ1) is 9.15. The highest BCUT2D eigenvalue weighted by Crippen LogP contribution is 2.10. The predicted octanol–water partition coefficient (Wildman–Crippen LogP) is 1.76. The summed E-state index contributed by atoms with van der Waals surface area (Å²) in [6.07, 6.45) is 5.27. The van der Waals surface area contributed by atoms with Crippen LogP contribution in [0.5, 0.6) is 0 Å². The van der Waals surface area contributed by atoms with Crippen LogP contribution in [0.1, 0.15) is 52.9 Å². The number of piperidine rings is 1. The van der Waals surface area contributed by atoms with Crippen LogP contribution in [0.3, 0.4) is 0 Å². The maximum Gasteiger partial charge on any atom is 0.221 e. The summed E-state index contributed by atoms with van der Waals surface area (Å²) in [4.78, 5) is 14.2. The quantitative estimate of drug-likeness (QED) is 0.706. The standard InChI is InChI=1S/C15H31N3O/c1-4-10-18-11-7-14(8-12-18)16-9-6-15(19)17-13(3)5-2/h13-14,16H,4-12H2,1-3H3,(H,17,19). The third-order valence-electron chi connectivity index (χ3n) is 3.93. The minimum absolute atomic E-state index is 0.172. The van der Waals surface area contributed by atoms with Gasteiger partial charge in [-0.1, -0.05) is 13.8 Å². The number of amides is 1. The van der Waals surface area contributed by atoms with E-state index in [2.05, 4.69) is 36.3 Å². The Morgan fingerprint density at radius 2 is 2.00 bits per heavy atom. The second-order valence-corrected chi connectivity index (χ2v) is 5.70. The smallest absolute Gasteiger partial charge is 0.221 e. The molecule has 4 heteroatoms. The Bertz CT molecular complexity index is 250. The molecule has 2 N–H and O–H groups in total. The van der Waals surface area contributed by atoms with Crippen LogP contribution in [0.15, 0.2) is 0 Å². The lowest BCUT2D eigenvalue weighted by Gasteiger charge is -2.32. The molecular weight excluding hydrogens is 238 g/mol. The van der Waals surface area contributed by atoms with Crippen LogP contribution in [0.4, 0.5) is 0 Å². The first-order valence-corrected chi connectivity index (χ1v) is 7.90. The van der Waals surface area contributed by atoms with E-state index < -0.39 is 0 Å². The lowest BCUT2D eigenvalue weighted by atomic mass is 10.0. The van der Waals surface area contributed by atoms with E-state index in [0.717, 1.165) is 13.0 Å². The maximum absolute atomic E-state index is 11.6. The van der Waals surface area contributed by atoms with Crippen molar-refractivity contribution < 1.29 is 4.79 Å². The molecule has 1 amide bonds. The molecule has 1 heterocycles. The van der Waals surface area contributed by atoms with Crippen LogP contribution in [0, 0.1) is 0 Å². The molecule has 1 saturated heterocycles. The molecule has 0 aromatic carbocycles. The third kappa shape index (κ3) is 6.92. The number of nitrogens with zero attached hydrogens (tertiary/aromatic N) is 1. The Morgan fingerprint density at radius 1 is 1.32 bits per heavy atom. The second kappa shape index (κ2) is 9.32. The third-order valence-corrected chi connectivity index (χ3v) is 3.93. The second-order valence-electron chi connectivity index (χ2n) is 5.70. The summed E-state index contributed by atoms with van der Waals surface area (Å²) >= 11 is 0. The van der Waals surface area contributed by atoms with Crippen molar-refractivity contribution in [3.63, 3.8) is 0 Å². The molecule has 0 radical (unpaired) electrons. The number of hydrogen-bond donors (Lipinski definition) is 2. The lowest BCUT2D eigenvalue weighted by Crippen LogP contribution is -2.43. The molecule has 1 atom stereocenters. The van der Waals surface area contributed by atoms with Crippen molar-refractivity contribution in [3.8, 4) is 0 Å². The van der Waals surface area contributed by atoms with Crippen molar-refractivity contribution >= 4 is 5.91 Å². The van der Waals surface area contributed by atoms with Gasteiger partial charge < -0.3 is 15.5 Å². The Morgan fingerprint density at radius 3 is 2.58 bits per heavy atom. The molecule has 1 unspecified atom stereocenters. The first kappa shape index (κ1) is 16.4. The minimum atomic E-state index is 0.172. The fraction of sp³-hybridized carbons (Fsp3) is 0.933. The van der Waals surface area contributed by atoms with E-state index in [0.29, 0.717) is 18.5 Å². The summed E-state index contributed by atoms with van der Waals surface area (Å²) in [6.45, 7) is 10.8. The van der Waals surface area contributed by atoms with E-state index in [4.69, 9.17) is 0 Å². The van der Waals surface area contributed by atoms with Gasteiger partial charge >= 0.3 is 0 Å². The van der Waals surface area contributed by atoms with Gasteiger partial charge in [-0.05, 0) is 52.2 Å². The Labute approximate surface area is 118 Å². The fourth-order valence-electron chi connectivity index (χ4n) is 2.52. The van der Waals surface area contributed by atoms with Crippen LogP contribution in [-0.2, 0) is 4.79 Å². The molecule has 0 aliphatic carbocycles. The number of carbonyl (C=O) groups is 1. The van der Waals surface area contributed by atoms with Gasteiger partial charge in [0.15, 0.2) is 0 Å². The summed E-state index contributed by atoms with van der Waals surface area (Å²) in [6, 6.07) is 0.897. The Kier molecular flexibility index (Phi) is 8.07. The molecule has 0 bridgehead atoms. The summed E-state index contributed by atoms with van der Waals surface area (Å²) in [5, 5.41) is 6.52. The molecule has 4 nitrogen and oxygen atoms in total. The number of hydrogen-bond acceptors (Lipinski definition) is 3. The van der Waals surface area contributed by atoms with Gasteiger partial charge in [0.05, 0.1) is 0 Å². The number of rotatable bonds is 8. The summed E-state index contributed by atoms with van der Waals surface area (Å²) in [5.41, 5.74) is 0. The molecule has 1 aliphatic rings. The highest BCUT2D eigenvalue weighted by atomic mass is 16.1. The van der Waals surface area contributed by atoms with Crippen molar-refractivity contribution in [2.75, 3.05) is 26.2 Å². The number of likely N-dealkylation sites (tertiary alicyclic amines) is 1.